The standard InChI is InChI=1S/C14H10F3N3O/c1-7-2-13(21)18-5-10(7)9-3-8(14(15,16)17)4-12-11(9)6-19-20-12/h2-6H,1H3,(H,18,21)(H,19,20). The molecule has 0 radical (unpaired) electrons. The Labute approximate surface area is 116 Å². The van der Waals surface area contributed by atoms with Crippen LogP contribution in [0.5, 0.6) is 0 Å². The maximum Gasteiger partial charge on any atom is 0.416 e. The highest BCUT2D eigenvalue weighted by molar-refractivity contribution is 5.95. The van der Waals surface area contributed by atoms with E-state index in [0.717, 1.165) is 12.1 Å². The number of rotatable bonds is 1. The Morgan fingerprint density at radius 3 is 2.57 bits per heavy atom. The van der Waals surface area contributed by atoms with Crippen molar-refractivity contribution in [2.24, 2.45) is 0 Å². The van der Waals surface area contributed by atoms with Crippen molar-refractivity contribution >= 4 is 10.9 Å². The fourth-order valence-corrected chi connectivity index (χ4v) is 2.30. The molecule has 0 unspecified atom stereocenters. The van der Waals surface area contributed by atoms with Crippen LogP contribution in [0.2, 0.25) is 0 Å². The number of H-pyrrole nitrogens is 2. The van der Waals surface area contributed by atoms with E-state index in [1.807, 2.05) is 0 Å². The number of aromatic nitrogens is 3. The molecule has 0 saturated heterocycles. The number of fused-ring (bicyclic) bond motifs is 1. The number of nitrogens with zero attached hydrogens (tertiary/aromatic N) is 1. The van der Waals surface area contributed by atoms with Gasteiger partial charge in [-0.15, -0.1) is 0 Å². The molecule has 0 aliphatic carbocycles. The number of hydrogen-bond donors (Lipinski definition) is 2. The minimum Gasteiger partial charge on any atom is -0.328 e. The Bertz CT molecular complexity index is 877. The summed E-state index contributed by atoms with van der Waals surface area (Å²) in [7, 11) is 0. The van der Waals surface area contributed by atoms with E-state index in [2.05, 4.69) is 15.2 Å². The summed E-state index contributed by atoms with van der Waals surface area (Å²) in [5, 5.41) is 6.91. The number of aromatic amines is 2. The fraction of sp³-hybridized carbons (Fsp3) is 0.143. The highest BCUT2D eigenvalue weighted by Crippen LogP contribution is 2.37. The van der Waals surface area contributed by atoms with E-state index < -0.39 is 11.7 Å². The lowest BCUT2D eigenvalue weighted by Crippen LogP contribution is -2.07. The molecular weight excluding hydrogens is 283 g/mol. The summed E-state index contributed by atoms with van der Waals surface area (Å²) in [6.07, 6.45) is -1.57. The third-order valence-corrected chi connectivity index (χ3v) is 3.31. The Morgan fingerprint density at radius 1 is 1.14 bits per heavy atom. The molecule has 0 aliphatic heterocycles. The first-order valence-corrected chi connectivity index (χ1v) is 6.10. The van der Waals surface area contributed by atoms with E-state index in [0.29, 0.717) is 27.6 Å². The zero-order valence-corrected chi connectivity index (χ0v) is 10.9. The van der Waals surface area contributed by atoms with E-state index in [1.165, 1.54) is 18.5 Å². The van der Waals surface area contributed by atoms with E-state index in [-0.39, 0.29) is 5.56 Å². The SMILES string of the molecule is Cc1cc(=O)[nH]cc1-c1cc(C(F)(F)F)cc2[nH]ncc12. The van der Waals surface area contributed by atoms with Crippen LogP contribution >= 0.6 is 0 Å². The average Bonchev–Trinajstić information content (AvgIpc) is 2.85. The highest BCUT2D eigenvalue weighted by Gasteiger charge is 2.32. The lowest BCUT2D eigenvalue weighted by Gasteiger charge is -2.11. The summed E-state index contributed by atoms with van der Waals surface area (Å²) >= 11 is 0. The molecule has 0 spiro atoms. The van der Waals surface area contributed by atoms with Crippen LogP contribution in [-0.2, 0) is 6.18 Å². The number of nitrogens with one attached hydrogen (secondary N) is 2. The van der Waals surface area contributed by atoms with Crippen LogP contribution in [-0.4, -0.2) is 15.2 Å². The van der Waals surface area contributed by atoms with Crippen LogP contribution in [0, 0.1) is 6.92 Å². The summed E-state index contributed by atoms with van der Waals surface area (Å²) in [6.45, 7) is 1.68. The van der Waals surface area contributed by atoms with Crippen LogP contribution in [0.1, 0.15) is 11.1 Å². The molecule has 2 N–H and O–H groups in total. The Hall–Kier alpha value is -2.57. The first kappa shape index (κ1) is 13.4. The van der Waals surface area contributed by atoms with E-state index in [9.17, 15) is 18.0 Å². The zero-order valence-electron chi connectivity index (χ0n) is 10.9. The molecule has 3 aromatic rings. The van der Waals surface area contributed by atoms with Gasteiger partial charge in [0, 0.05) is 23.2 Å². The van der Waals surface area contributed by atoms with Crippen LogP contribution in [0.4, 0.5) is 13.2 Å². The minimum atomic E-state index is -4.45. The maximum absolute atomic E-state index is 13.0. The van der Waals surface area contributed by atoms with Gasteiger partial charge in [0.2, 0.25) is 5.56 Å². The third-order valence-electron chi connectivity index (χ3n) is 3.31. The molecule has 108 valence electrons. The van der Waals surface area contributed by atoms with Crippen LogP contribution in [0.25, 0.3) is 22.0 Å². The van der Waals surface area contributed by atoms with Gasteiger partial charge in [-0.2, -0.15) is 18.3 Å². The van der Waals surface area contributed by atoms with Crippen molar-refractivity contribution in [2.45, 2.75) is 13.1 Å². The van der Waals surface area contributed by atoms with Crippen LogP contribution in [0.15, 0.2) is 35.4 Å². The normalized spacial score (nSPS) is 12.0. The summed E-state index contributed by atoms with van der Waals surface area (Å²) in [5.74, 6) is 0. The van der Waals surface area contributed by atoms with Gasteiger partial charge in [-0.1, -0.05) is 0 Å². The monoisotopic (exact) mass is 293 g/mol. The summed E-state index contributed by atoms with van der Waals surface area (Å²) < 4.78 is 39.0. The maximum atomic E-state index is 13.0. The lowest BCUT2D eigenvalue weighted by atomic mass is 9.97. The molecule has 3 rings (SSSR count). The van der Waals surface area contributed by atoms with Gasteiger partial charge in [0.25, 0.3) is 0 Å². The minimum absolute atomic E-state index is 0.297. The van der Waals surface area contributed by atoms with Gasteiger partial charge >= 0.3 is 6.18 Å². The number of benzene rings is 1. The summed E-state index contributed by atoms with van der Waals surface area (Å²) in [4.78, 5) is 13.7. The van der Waals surface area contributed by atoms with Crippen molar-refractivity contribution in [3.63, 3.8) is 0 Å². The molecule has 21 heavy (non-hydrogen) atoms. The quantitative estimate of drug-likeness (QED) is 0.723. The molecular formula is C14H10F3N3O. The molecule has 0 fully saturated rings. The average molecular weight is 293 g/mol. The fourth-order valence-electron chi connectivity index (χ4n) is 2.30. The summed E-state index contributed by atoms with van der Waals surface area (Å²) in [5.41, 5.74) is 0.743. The van der Waals surface area contributed by atoms with Gasteiger partial charge in [0.1, 0.15) is 0 Å². The van der Waals surface area contributed by atoms with E-state index in [4.69, 9.17) is 0 Å². The van der Waals surface area contributed by atoms with Crippen molar-refractivity contribution in [3.8, 4) is 11.1 Å². The van der Waals surface area contributed by atoms with Crippen molar-refractivity contribution in [2.75, 3.05) is 0 Å². The highest BCUT2D eigenvalue weighted by atomic mass is 19.4. The van der Waals surface area contributed by atoms with Gasteiger partial charge in [-0.3, -0.25) is 9.89 Å². The van der Waals surface area contributed by atoms with Gasteiger partial charge in [0.05, 0.1) is 17.3 Å². The second-order valence-electron chi connectivity index (χ2n) is 4.75. The van der Waals surface area contributed by atoms with Gasteiger partial charge in [-0.25, -0.2) is 0 Å². The molecule has 4 nitrogen and oxygen atoms in total. The zero-order chi connectivity index (χ0) is 15.2. The largest absolute Gasteiger partial charge is 0.416 e. The Morgan fingerprint density at radius 2 is 1.90 bits per heavy atom. The molecule has 2 aromatic heterocycles. The van der Waals surface area contributed by atoms with E-state index in [1.54, 1.807) is 6.92 Å². The molecule has 7 heteroatoms. The Kier molecular flexibility index (Phi) is 2.86. The van der Waals surface area contributed by atoms with Crippen molar-refractivity contribution in [1.29, 1.82) is 0 Å². The second kappa shape index (κ2) is 4.47. The lowest BCUT2D eigenvalue weighted by molar-refractivity contribution is -0.137. The van der Waals surface area contributed by atoms with Gasteiger partial charge < -0.3 is 4.98 Å². The number of aryl methyl sites for hydroxylation is 1. The van der Waals surface area contributed by atoms with Crippen molar-refractivity contribution in [1.82, 2.24) is 15.2 Å². The second-order valence-corrected chi connectivity index (χ2v) is 4.75. The van der Waals surface area contributed by atoms with E-state index >= 15 is 0 Å². The van der Waals surface area contributed by atoms with Crippen molar-refractivity contribution in [3.05, 3.63) is 52.1 Å². The molecule has 2 heterocycles. The van der Waals surface area contributed by atoms with Crippen molar-refractivity contribution < 1.29 is 13.2 Å². The summed E-state index contributed by atoms with van der Waals surface area (Å²) in [6, 6.07) is 3.44. The first-order valence-electron chi connectivity index (χ1n) is 6.10. The molecule has 0 aliphatic rings. The predicted octanol–water partition coefficient (Wildman–Crippen LogP) is 3.25. The van der Waals surface area contributed by atoms with Gasteiger partial charge in [-0.05, 0) is 30.2 Å². The molecule has 0 saturated carbocycles. The molecule has 1 aromatic carbocycles. The predicted molar refractivity (Wildman–Crippen MR) is 71.9 cm³/mol. The number of hydrogen-bond acceptors (Lipinski definition) is 2. The number of halogens is 3. The molecule has 0 bridgehead atoms. The topological polar surface area (TPSA) is 61.5 Å². The smallest absolute Gasteiger partial charge is 0.328 e. The first-order chi connectivity index (χ1) is 9.86. The number of pyridine rings is 1. The van der Waals surface area contributed by atoms with Crippen LogP contribution < -0.4 is 5.56 Å². The Balaban J connectivity index is 2.35. The van der Waals surface area contributed by atoms with Crippen LogP contribution in [0.3, 0.4) is 0 Å². The molecule has 0 amide bonds. The molecule has 0 atom stereocenters. The van der Waals surface area contributed by atoms with Gasteiger partial charge in [0.15, 0.2) is 0 Å². The number of alkyl halides is 3. The third kappa shape index (κ3) is 2.31.